The summed E-state index contributed by atoms with van der Waals surface area (Å²) < 4.78 is 16.6. The molecule has 4 rings (SSSR count). The van der Waals surface area contributed by atoms with Gasteiger partial charge in [-0.25, -0.2) is 0 Å². The molecule has 2 fully saturated rings. The predicted octanol–water partition coefficient (Wildman–Crippen LogP) is 2.61. The van der Waals surface area contributed by atoms with Gasteiger partial charge in [0.2, 0.25) is 0 Å². The van der Waals surface area contributed by atoms with Crippen molar-refractivity contribution in [3.05, 3.63) is 35.4 Å². The molecule has 6 heteroatoms. The Hall–Kier alpha value is -2.21. The largest absolute Gasteiger partial charge is 0.465 e. The van der Waals surface area contributed by atoms with Crippen molar-refractivity contribution in [1.82, 2.24) is 0 Å². The van der Waals surface area contributed by atoms with Crippen LogP contribution in [-0.4, -0.2) is 36.5 Å². The van der Waals surface area contributed by atoms with Gasteiger partial charge in [0.15, 0.2) is 11.2 Å². The lowest BCUT2D eigenvalue weighted by Crippen LogP contribution is -2.47. The Bertz CT molecular complexity index is 766. The van der Waals surface area contributed by atoms with Crippen LogP contribution in [0.25, 0.3) is 0 Å². The van der Waals surface area contributed by atoms with Crippen LogP contribution in [0, 0.1) is 11.3 Å². The first-order valence-corrected chi connectivity index (χ1v) is 9.14. The van der Waals surface area contributed by atoms with Crippen LogP contribution in [0.4, 0.5) is 0 Å². The van der Waals surface area contributed by atoms with E-state index in [0.29, 0.717) is 12.0 Å². The number of esters is 2. The van der Waals surface area contributed by atoms with E-state index >= 15 is 0 Å². The molecule has 1 aromatic carbocycles. The Kier molecular flexibility index (Phi) is 3.91. The highest BCUT2D eigenvalue weighted by Gasteiger charge is 2.71. The average Bonchev–Trinajstić information content (AvgIpc) is 3.12. The van der Waals surface area contributed by atoms with Gasteiger partial charge in [0.25, 0.3) is 0 Å². The molecule has 0 aromatic heterocycles. The van der Waals surface area contributed by atoms with Crippen molar-refractivity contribution in [1.29, 1.82) is 0 Å². The number of ketones is 1. The van der Waals surface area contributed by atoms with Crippen molar-refractivity contribution in [2.24, 2.45) is 11.3 Å². The van der Waals surface area contributed by atoms with Gasteiger partial charge in [-0.3, -0.25) is 14.4 Å². The molecule has 0 amide bonds. The Morgan fingerprint density at radius 3 is 2.46 bits per heavy atom. The van der Waals surface area contributed by atoms with Gasteiger partial charge >= 0.3 is 11.9 Å². The van der Waals surface area contributed by atoms with E-state index in [1.54, 1.807) is 19.9 Å². The first-order chi connectivity index (χ1) is 12.5. The maximum absolute atomic E-state index is 13.3. The van der Waals surface area contributed by atoms with Gasteiger partial charge < -0.3 is 14.2 Å². The molecular formula is C20H22O6. The zero-order chi connectivity index (χ0) is 18.5. The molecule has 2 aliphatic heterocycles. The van der Waals surface area contributed by atoms with Crippen LogP contribution in [0.2, 0.25) is 0 Å². The van der Waals surface area contributed by atoms with E-state index in [-0.39, 0.29) is 43.9 Å². The van der Waals surface area contributed by atoms with Crippen molar-refractivity contribution in [3.8, 4) is 0 Å². The number of carbonyl (C=O) groups excluding carboxylic acids is 3. The highest BCUT2D eigenvalue weighted by molar-refractivity contribution is 6.09. The smallest absolute Gasteiger partial charge is 0.323 e. The van der Waals surface area contributed by atoms with Crippen molar-refractivity contribution in [2.45, 2.75) is 44.8 Å². The summed E-state index contributed by atoms with van der Waals surface area (Å²) in [5.41, 5.74) is -1.08. The fourth-order valence-corrected chi connectivity index (χ4v) is 4.88. The first kappa shape index (κ1) is 17.2. The lowest BCUT2D eigenvalue weighted by atomic mass is 9.80. The number of ether oxygens (including phenoxy) is 3. The third-order valence-electron chi connectivity index (χ3n) is 5.94. The van der Waals surface area contributed by atoms with Gasteiger partial charge in [-0.2, -0.15) is 0 Å². The quantitative estimate of drug-likeness (QED) is 0.608. The van der Waals surface area contributed by atoms with Crippen LogP contribution in [0.1, 0.15) is 55.1 Å². The predicted molar refractivity (Wildman–Crippen MR) is 90.4 cm³/mol. The Labute approximate surface area is 151 Å². The summed E-state index contributed by atoms with van der Waals surface area (Å²) in [7, 11) is 0. The molecule has 1 spiro atoms. The molecule has 0 N–H and O–H groups in total. The van der Waals surface area contributed by atoms with Gasteiger partial charge in [0.05, 0.1) is 19.3 Å². The summed E-state index contributed by atoms with van der Waals surface area (Å²) in [6.07, 6.45) is 0.659. The molecule has 26 heavy (non-hydrogen) atoms. The minimum Gasteiger partial charge on any atom is -0.465 e. The topological polar surface area (TPSA) is 78.9 Å². The summed E-state index contributed by atoms with van der Waals surface area (Å²) in [5, 5.41) is 0. The second-order valence-electron chi connectivity index (χ2n) is 7.25. The molecule has 3 atom stereocenters. The van der Waals surface area contributed by atoms with E-state index in [4.69, 9.17) is 14.2 Å². The highest BCUT2D eigenvalue weighted by Crippen LogP contribution is 2.63. The number of hydrogen-bond donors (Lipinski definition) is 0. The summed E-state index contributed by atoms with van der Waals surface area (Å²) in [6, 6.07) is 7.43. The minimum atomic E-state index is -1.47. The summed E-state index contributed by atoms with van der Waals surface area (Å²) >= 11 is 0. The second-order valence-corrected chi connectivity index (χ2v) is 7.25. The maximum Gasteiger partial charge on any atom is 0.323 e. The molecule has 2 bridgehead atoms. The molecule has 1 aromatic rings. The van der Waals surface area contributed by atoms with Gasteiger partial charge in [-0.15, -0.1) is 0 Å². The fourth-order valence-electron chi connectivity index (χ4n) is 4.88. The van der Waals surface area contributed by atoms with Gasteiger partial charge in [0, 0.05) is 12.0 Å². The highest BCUT2D eigenvalue weighted by atomic mass is 16.6. The summed E-state index contributed by atoms with van der Waals surface area (Å²) in [5.74, 6) is -1.58. The molecule has 1 aliphatic carbocycles. The number of rotatable bonds is 4. The minimum absolute atomic E-state index is 0.00794. The number of fused-ring (bicyclic) bond motifs is 3. The third kappa shape index (κ3) is 2.11. The van der Waals surface area contributed by atoms with E-state index in [0.717, 1.165) is 5.56 Å². The Balaban J connectivity index is 1.76. The second kappa shape index (κ2) is 5.91. The third-order valence-corrected chi connectivity index (χ3v) is 5.94. The van der Waals surface area contributed by atoms with E-state index in [9.17, 15) is 14.4 Å². The number of carbonyl (C=O) groups is 3. The first-order valence-electron chi connectivity index (χ1n) is 9.14. The lowest BCUT2D eigenvalue weighted by molar-refractivity contribution is -0.173. The SMILES string of the molecule is CCOC(=O)C1(C(=O)OCC)C[C@H]2C[C@H]3O[C@]2(C1)C(=O)c1ccccc13. The molecular weight excluding hydrogens is 336 g/mol. The van der Waals surface area contributed by atoms with Crippen molar-refractivity contribution < 1.29 is 28.6 Å². The van der Waals surface area contributed by atoms with Crippen LogP contribution >= 0.6 is 0 Å². The number of benzene rings is 1. The molecule has 1 saturated carbocycles. The zero-order valence-corrected chi connectivity index (χ0v) is 14.9. The van der Waals surface area contributed by atoms with Crippen LogP contribution in [0.3, 0.4) is 0 Å². The molecule has 138 valence electrons. The Morgan fingerprint density at radius 1 is 1.15 bits per heavy atom. The van der Waals surface area contributed by atoms with Crippen LogP contribution < -0.4 is 0 Å². The van der Waals surface area contributed by atoms with Crippen LogP contribution in [0.5, 0.6) is 0 Å². The summed E-state index contributed by atoms with van der Waals surface area (Å²) in [6.45, 7) is 3.72. The molecule has 6 nitrogen and oxygen atoms in total. The van der Waals surface area contributed by atoms with Crippen molar-refractivity contribution >= 4 is 17.7 Å². The van der Waals surface area contributed by atoms with Crippen LogP contribution in [-0.2, 0) is 23.8 Å². The van der Waals surface area contributed by atoms with E-state index in [1.807, 2.05) is 18.2 Å². The van der Waals surface area contributed by atoms with Gasteiger partial charge in [-0.1, -0.05) is 24.3 Å². The van der Waals surface area contributed by atoms with Crippen LogP contribution in [0.15, 0.2) is 24.3 Å². The molecule has 0 unspecified atom stereocenters. The summed E-state index contributed by atoms with van der Waals surface area (Å²) in [4.78, 5) is 38.8. The van der Waals surface area contributed by atoms with E-state index < -0.39 is 23.0 Å². The van der Waals surface area contributed by atoms with Crippen molar-refractivity contribution in [2.75, 3.05) is 13.2 Å². The molecule has 3 aliphatic rings. The van der Waals surface area contributed by atoms with Crippen molar-refractivity contribution in [3.63, 3.8) is 0 Å². The monoisotopic (exact) mass is 358 g/mol. The molecule has 2 heterocycles. The van der Waals surface area contributed by atoms with E-state index in [2.05, 4.69) is 0 Å². The van der Waals surface area contributed by atoms with Gasteiger partial charge in [-0.05, 0) is 38.2 Å². The van der Waals surface area contributed by atoms with E-state index in [1.165, 1.54) is 0 Å². The van der Waals surface area contributed by atoms with Gasteiger partial charge in [0.1, 0.15) is 5.60 Å². The normalized spacial score (nSPS) is 30.5. The standard InChI is InChI=1S/C20H22O6/c1-3-24-17(22)19(18(23)25-4-2)10-12-9-15-13-7-5-6-8-14(13)16(21)20(12,11-19)26-15/h5-8,12,15H,3-4,9-11H2,1-2H3/t12-,15-,20+/m1/s1. The molecule has 1 saturated heterocycles. The average molecular weight is 358 g/mol. The maximum atomic E-state index is 13.3. The number of Topliss-reactive ketones (excluding diaryl/α,β-unsaturated/α-hetero) is 1. The molecule has 0 radical (unpaired) electrons. The zero-order valence-electron chi connectivity index (χ0n) is 14.9. The lowest BCUT2D eigenvalue weighted by Gasteiger charge is -2.34. The Morgan fingerprint density at radius 2 is 1.81 bits per heavy atom. The fraction of sp³-hybridized carbons (Fsp3) is 0.550. The number of hydrogen-bond acceptors (Lipinski definition) is 6.